The molecule has 0 saturated heterocycles. The summed E-state index contributed by atoms with van der Waals surface area (Å²) in [5.41, 5.74) is 4.20. The first-order valence-corrected chi connectivity index (χ1v) is 11.6. The number of aromatic nitrogens is 3. The van der Waals surface area contributed by atoms with Crippen LogP contribution in [0.5, 0.6) is 0 Å². The van der Waals surface area contributed by atoms with Crippen LogP contribution in [-0.2, 0) is 13.0 Å². The lowest BCUT2D eigenvalue weighted by Crippen LogP contribution is -2.34. The minimum absolute atomic E-state index is 0.415. The van der Waals surface area contributed by atoms with Crippen LogP contribution in [-0.4, -0.2) is 21.7 Å². The number of rotatable bonds is 8. The SMILES string of the molecule is CC1=C[C@@H](CNCc2ccc(C#N)cc2)[C@H](C(C)C)C[C@H]1Cc1nnc(-c2ccncc2)o1. The third-order valence-electron chi connectivity index (χ3n) is 6.69. The van der Waals surface area contributed by atoms with E-state index in [-0.39, 0.29) is 0 Å². The normalized spacial score (nSPS) is 20.5. The summed E-state index contributed by atoms with van der Waals surface area (Å²) >= 11 is 0. The van der Waals surface area contributed by atoms with Crippen LogP contribution in [0.4, 0.5) is 0 Å². The molecule has 1 aliphatic carbocycles. The predicted molar refractivity (Wildman–Crippen MR) is 128 cm³/mol. The van der Waals surface area contributed by atoms with Gasteiger partial charge in [0.25, 0.3) is 0 Å². The number of hydrogen-bond donors (Lipinski definition) is 1. The maximum atomic E-state index is 8.96. The van der Waals surface area contributed by atoms with Gasteiger partial charge in [0.2, 0.25) is 11.8 Å². The Hall–Kier alpha value is -3.30. The molecule has 170 valence electrons. The first-order chi connectivity index (χ1) is 16.0. The van der Waals surface area contributed by atoms with Crippen LogP contribution >= 0.6 is 0 Å². The van der Waals surface area contributed by atoms with E-state index in [2.05, 4.69) is 53.4 Å². The summed E-state index contributed by atoms with van der Waals surface area (Å²) in [4.78, 5) is 4.04. The van der Waals surface area contributed by atoms with E-state index in [0.717, 1.165) is 31.5 Å². The molecule has 3 aromatic rings. The second-order valence-electron chi connectivity index (χ2n) is 9.30. The molecule has 0 saturated carbocycles. The van der Waals surface area contributed by atoms with Crippen LogP contribution in [0.25, 0.3) is 11.5 Å². The minimum Gasteiger partial charge on any atom is -0.421 e. The van der Waals surface area contributed by atoms with Gasteiger partial charge in [0, 0.05) is 37.5 Å². The summed E-state index contributed by atoms with van der Waals surface area (Å²) in [6.45, 7) is 8.62. The van der Waals surface area contributed by atoms with E-state index < -0.39 is 0 Å². The predicted octanol–water partition coefficient (Wildman–Crippen LogP) is 5.19. The molecule has 0 radical (unpaired) electrons. The van der Waals surface area contributed by atoms with Gasteiger partial charge in [-0.1, -0.05) is 37.6 Å². The van der Waals surface area contributed by atoms with Gasteiger partial charge in [-0.3, -0.25) is 4.98 Å². The highest BCUT2D eigenvalue weighted by atomic mass is 16.4. The molecule has 0 fully saturated rings. The standard InChI is InChI=1S/C27H31N5O/c1-18(2)25-13-23(14-26-31-32-27(33-26)22-8-10-29-11-9-22)19(3)12-24(25)17-30-16-21-6-4-20(15-28)5-7-21/h4-12,18,23-25,30H,13-14,16-17H2,1-3H3/t23-,24-,25-/m0/s1. The third-order valence-corrected chi connectivity index (χ3v) is 6.69. The van der Waals surface area contributed by atoms with E-state index in [4.69, 9.17) is 9.68 Å². The van der Waals surface area contributed by atoms with Gasteiger partial charge in [0.05, 0.1) is 11.6 Å². The van der Waals surface area contributed by atoms with Gasteiger partial charge in [0.15, 0.2) is 0 Å². The topological polar surface area (TPSA) is 87.6 Å². The number of nitriles is 1. The van der Waals surface area contributed by atoms with E-state index in [1.807, 2.05) is 36.4 Å². The smallest absolute Gasteiger partial charge is 0.247 e. The summed E-state index contributed by atoms with van der Waals surface area (Å²) in [5, 5.41) is 21.1. The van der Waals surface area contributed by atoms with Gasteiger partial charge in [-0.2, -0.15) is 5.26 Å². The van der Waals surface area contributed by atoms with Crippen molar-refractivity contribution in [2.24, 2.45) is 23.7 Å². The average molecular weight is 442 g/mol. The van der Waals surface area contributed by atoms with E-state index in [9.17, 15) is 0 Å². The van der Waals surface area contributed by atoms with Crippen molar-refractivity contribution < 1.29 is 4.42 Å². The zero-order chi connectivity index (χ0) is 23.2. The van der Waals surface area contributed by atoms with Crippen LogP contribution in [0.1, 0.15) is 44.2 Å². The fourth-order valence-electron chi connectivity index (χ4n) is 4.75. The number of nitrogens with one attached hydrogen (secondary N) is 1. The van der Waals surface area contributed by atoms with E-state index in [1.165, 1.54) is 11.1 Å². The Morgan fingerprint density at radius 1 is 1.12 bits per heavy atom. The molecule has 0 bridgehead atoms. The Bertz CT molecular complexity index is 1110. The van der Waals surface area contributed by atoms with Crippen LogP contribution < -0.4 is 5.32 Å². The molecule has 1 aliphatic rings. The molecule has 2 aromatic heterocycles. The first-order valence-electron chi connectivity index (χ1n) is 11.6. The Labute approximate surface area is 195 Å². The highest BCUT2D eigenvalue weighted by molar-refractivity contribution is 5.50. The number of allylic oxidation sites excluding steroid dienone is 1. The Kier molecular flexibility index (Phi) is 7.31. The van der Waals surface area contributed by atoms with Crippen molar-refractivity contribution in [3.8, 4) is 17.5 Å². The minimum atomic E-state index is 0.415. The van der Waals surface area contributed by atoms with Gasteiger partial charge in [-0.05, 0) is 66.8 Å². The Morgan fingerprint density at radius 2 is 1.88 bits per heavy atom. The van der Waals surface area contributed by atoms with E-state index in [1.54, 1.807) is 12.4 Å². The molecule has 1 aromatic carbocycles. The van der Waals surface area contributed by atoms with E-state index in [0.29, 0.717) is 41.0 Å². The van der Waals surface area contributed by atoms with Crippen molar-refractivity contribution in [2.75, 3.05) is 6.54 Å². The monoisotopic (exact) mass is 441 g/mol. The zero-order valence-electron chi connectivity index (χ0n) is 19.5. The molecule has 2 heterocycles. The van der Waals surface area contributed by atoms with Gasteiger partial charge < -0.3 is 9.73 Å². The number of benzene rings is 1. The average Bonchev–Trinajstić information content (AvgIpc) is 3.30. The van der Waals surface area contributed by atoms with Crippen LogP contribution in [0, 0.1) is 35.0 Å². The van der Waals surface area contributed by atoms with Crippen LogP contribution in [0.15, 0.2) is 64.9 Å². The van der Waals surface area contributed by atoms with Crippen LogP contribution in [0.3, 0.4) is 0 Å². The molecule has 33 heavy (non-hydrogen) atoms. The molecule has 6 nitrogen and oxygen atoms in total. The fourth-order valence-corrected chi connectivity index (χ4v) is 4.75. The second-order valence-corrected chi connectivity index (χ2v) is 9.30. The molecule has 3 atom stereocenters. The van der Waals surface area contributed by atoms with Gasteiger partial charge in [0.1, 0.15) is 0 Å². The van der Waals surface area contributed by atoms with Crippen molar-refractivity contribution in [1.29, 1.82) is 5.26 Å². The van der Waals surface area contributed by atoms with Gasteiger partial charge in [-0.25, -0.2) is 0 Å². The second kappa shape index (κ2) is 10.5. The summed E-state index contributed by atoms with van der Waals surface area (Å²) in [6.07, 6.45) is 7.81. The molecule has 1 N–H and O–H groups in total. The maximum Gasteiger partial charge on any atom is 0.247 e. The van der Waals surface area contributed by atoms with Crippen LogP contribution in [0.2, 0.25) is 0 Å². The van der Waals surface area contributed by atoms with Crippen molar-refractivity contribution >= 4 is 0 Å². The first kappa shape index (κ1) is 22.9. The summed E-state index contributed by atoms with van der Waals surface area (Å²) in [6, 6.07) is 13.7. The number of hydrogen-bond acceptors (Lipinski definition) is 6. The molecule has 0 spiro atoms. The summed E-state index contributed by atoms with van der Waals surface area (Å²) in [5.74, 6) is 3.34. The lowest BCUT2D eigenvalue weighted by molar-refractivity contribution is 0.218. The molecular formula is C27H31N5O. The fraction of sp³-hybridized carbons (Fsp3) is 0.407. The molecule has 0 unspecified atom stereocenters. The third kappa shape index (κ3) is 5.74. The number of pyridine rings is 1. The van der Waals surface area contributed by atoms with Crippen molar-refractivity contribution in [3.05, 3.63) is 77.5 Å². The molecular weight excluding hydrogens is 410 g/mol. The van der Waals surface area contributed by atoms with E-state index >= 15 is 0 Å². The summed E-state index contributed by atoms with van der Waals surface area (Å²) < 4.78 is 5.96. The largest absolute Gasteiger partial charge is 0.421 e. The van der Waals surface area contributed by atoms with Crippen molar-refractivity contribution in [3.63, 3.8) is 0 Å². The molecule has 6 heteroatoms. The summed E-state index contributed by atoms with van der Waals surface area (Å²) in [7, 11) is 0. The highest BCUT2D eigenvalue weighted by Crippen LogP contribution is 2.38. The maximum absolute atomic E-state index is 8.96. The Morgan fingerprint density at radius 3 is 2.58 bits per heavy atom. The molecule has 0 amide bonds. The molecule has 0 aliphatic heterocycles. The van der Waals surface area contributed by atoms with Gasteiger partial charge >= 0.3 is 0 Å². The van der Waals surface area contributed by atoms with Crippen molar-refractivity contribution in [2.45, 2.75) is 40.2 Å². The Balaban J connectivity index is 1.39. The zero-order valence-corrected chi connectivity index (χ0v) is 19.5. The van der Waals surface area contributed by atoms with Gasteiger partial charge in [-0.15, -0.1) is 10.2 Å². The molecule has 4 rings (SSSR count). The lowest BCUT2D eigenvalue weighted by Gasteiger charge is -2.37. The lowest BCUT2D eigenvalue weighted by atomic mass is 9.70. The number of nitrogens with zero attached hydrogens (tertiary/aromatic N) is 4. The quantitative estimate of drug-likeness (QED) is 0.484. The van der Waals surface area contributed by atoms with Crippen molar-refractivity contribution in [1.82, 2.24) is 20.5 Å². The highest BCUT2D eigenvalue weighted by Gasteiger charge is 2.32.